The van der Waals surface area contributed by atoms with E-state index in [-0.39, 0.29) is 12.7 Å². The van der Waals surface area contributed by atoms with Crippen LogP contribution in [0, 0.1) is 0 Å². The molecule has 2 atom stereocenters. The van der Waals surface area contributed by atoms with Gasteiger partial charge < -0.3 is 24.8 Å². The Labute approximate surface area is 145 Å². The number of nitrogens with two attached hydrogens (primary N) is 1. The maximum Gasteiger partial charge on any atom is 0.321 e. The highest BCUT2D eigenvalue weighted by molar-refractivity contribution is 14.1. The summed E-state index contributed by atoms with van der Waals surface area (Å²) in [6, 6.07) is 0. The Kier molecular flexibility index (Phi) is 6.05. The fourth-order valence-corrected chi connectivity index (χ4v) is 2.79. The largest absolute Gasteiger partial charge is 0.382 e. The third kappa shape index (κ3) is 4.54. The molecule has 4 N–H and O–H groups in total. The first-order valence-electron chi connectivity index (χ1n) is 6.16. The summed E-state index contributed by atoms with van der Waals surface area (Å²) in [5.41, 5.74) is 6.80. The van der Waals surface area contributed by atoms with Crippen LogP contribution in [0.1, 0.15) is 13.2 Å². The zero-order chi connectivity index (χ0) is 16.3. The van der Waals surface area contributed by atoms with Gasteiger partial charge in [0.25, 0.3) is 0 Å². The van der Waals surface area contributed by atoms with Crippen LogP contribution in [-0.2, 0) is 21.1 Å². The van der Waals surface area contributed by atoms with E-state index in [1.165, 1.54) is 6.33 Å². The zero-order valence-electron chi connectivity index (χ0n) is 11.5. The van der Waals surface area contributed by atoms with Gasteiger partial charge in [0, 0.05) is 4.43 Å². The van der Waals surface area contributed by atoms with Crippen LogP contribution in [0.15, 0.2) is 12.7 Å². The lowest BCUT2D eigenvalue weighted by atomic mass is 10.4. The minimum absolute atomic E-state index is 0.0126. The van der Waals surface area contributed by atoms with Gasteiger partial charge in [-0.1, -0.05) is 22.6 Å². The van der Waals surface area contributed by atoms with Gasteiger partial charge in [-0.15, -0.1) is 0 Å². The summed E-state index contributed by atoms with van der Waals surface area (Å²) in [6.07, 6.45) is 2.15. The molecule has 9 nitrogen and oxygen atoms in total. The van der Waals surface area contributed by atoms with Crippen molar-refractivity contribution in [3.05, 3.63) is 12.7 Å². The number of nitrogen functional groups attached to an aromatic ring is 1. The molecule has 0 saturated heterocycles. The van der Waals surface area contributed by atoms with Crippen LogP contribution in [0.4, 0.5) is 5.82 Å². The fourth-order valence-electron chi connectivity index (χ4n) is 1.78. The third-order valence-electron chi connectivity index (χ3n) is 2.77. The van der Waals surface area contributed by atoms with Crippen molar-refractivity contribution in [1.82, 2.24) is 19.5 Å². The highest BCUT2D eigenvalue weighted by Gasteiger charge is 2.19. The van der Waals surface area contributed by atoms with Gasteiger partial charge in [0.1, 0.15) is 18.1 Å². The summed E-state index contributed by atoms with van der Waals surface area (Å²) in [5, 5.41) is 0. The van der Waals surface area contributed by atoms with Gasteiger partial charge in [-0.2, -0.15) is 0 Å². The summed E-state index contributed by atoms with van der Waals surface area (Å²) >= 11 is 6.53. The number of aromatic nitrogens is 4. The van der Waals surface area contributed by atoms with Crippen LogP contribution < -0.4 is 5.73 Å². The molecule has 12 heteroatoms. The highest BCUT2D eigenvalue weighted by Crippen LogP contribution is 2.36. The molecular weight excluding hydrogens is 444 g/mol. The topological polar surface area (TPSA) is 129 Å². The molecule has 0 radical (unpaired) electrons. The average Bonchev–Trinajstić information content (AvgIpc) is 2.87. The third-order valence-corrected chi connectivity index (χ3v) is 4.55. The van der Waals surface area contributed by atoms with Crippen molar-refractivity contribution < 1.29 is 19.0 Å². The van der Waals surface area contributed by atoms with Crippen molar-refractivity contribution in [3.63, 3.8) is 0 Å². The summed E-state index contributed by atoms with van der Waals surface area (Å²) in [4.78, 5) is 30.4. The summed E-state index contributed by atoms with van der Waals surface area (Å²) < 4.78 is 13.0. The van der Waals surface area contributed by atoms with Gasteiger partial charge in [-0.3, -0.25) is 4.57 Å². The number of hydrogen-bond donors (Lipinski definition) is 3. The lowest BCUT2D eigenvalue weighted by Gasteiger charge is -2.22. The molecule has 0 aromatic carbocycles. The number of nitrogens with zero attached hydrogens (tertiary/aromatic N) is 4. The van der Waals surface area contributed by atoms with Gasteiger partial charge in [0.15, 0.2) is 11.5 Å². The van der Waals surface area contributed by atoms with Gasteiger partial charge in [-0.25, -0.2) is 15.0 Å². The molecule has 0 bridgehead atoms. The lowest BCUT2D eigenvalue weighted by Crippen LogP contribution is -2.25. The van der Waals surface area contributed by atoms with Crippen molar-refractivity contribution in [1.29, 1.82) is 0 Å². The molecule has 0 aliphatic rings. The Morgan fingerprint density at radius 2 is 2.18 bits per heavy atom. The van der Waals surface area contributed by atoms with Crippen molar-refractivity contribution in [3.8, 4) is 0 Å². The maximum atomic E-state index is 9.11. The predicted molar refractivity (Wildman–Crippen MR) is 92.9 cm³/mol. The van der Waals surface area contributed by atoms with Gasteiger partial charge in [-0.05, 0) is 18.7 Å². The van der Waals surface area contributed by atoms with Gasteiger partial charge in [0.05, 0.1) is 19.0 Å². The monoisotopic (exact) mass is 459 g/mol. The van der Waals surface area contributed by atoms with Crippen LogP contribution in [0.2, 0.25) is 0 Å². The Morgan fingerprint density at radius 3 is 2.82 bits per heavy atom. The van der Waals surface area contributed by atoms with E-state index in [0.717, 1.165) is 0 Å². The second-order valence-electron chi connectivity index (χ2n) is 4.38. The van der Waals surface area contributed by atoms with Crippen LogP contribution in [0.3, 0.4) is 0 Å². The summed E-state index contributed by atoms with van der Waals surface area (Å²) in [5.74, 6) is 0.297. The second-order valence-corrected chi connectivity index (χ2v) is 7.93. The van der Waals surface area contributed by atoms with Crippen molar-refractivity contribution in [2.45, 2.75) is 19.3 Å². The van der Waals surface area contributed by atoms with Crippen LogP contribution in [0.5, 0.6) is 0 Å². The van der Waals surface area contributed by atoms with E-state index in [9.17, 15) is 0 Å². The molecule has 0 amide bonds. The van der Waals surface area contributed by atoms with Crippen LogP contribution >= 0.6 is 29.3 Å². The number of hydrogen-bond acceptors (Lipinski definition) is 7. The molecule has 0 aliphatic heterocycles. The first kappa shape index (κ1) is 17.9. The van der Waals surface area contributed by atoms with Crippen LogP contribution in [-0.4, -0.2) is 46.4 Å². The molecule has 22 heavy (non-hydrogen) atoms. The van der Waals surface area contributed by atoms with Crippen LogP contribution in [0.25, 0.3) is 11.2 Å². The Balaban J connectivity index is 2.11. The first-order valence-corrected chi connectivity index (χ1v) is 10.3. The fraction of sp³-hybridized carbons (Fsp3) is 0.500. The van der Waals surface area contributed by atoms with Crippen molar-refractivity contribution >= 4 is 58.1 Å². The number of imidazole rings is 1. The highest BCUT2D eigenvalue weighted by atomic mass is 127. The SMILES string of the molecule is C[C@@H](O[C@@H](CI)COP(O)(O)=S)n1cnc2c(N)ncnc21. The lowest BCUT2D eigenvalue weighted by molar-refractivity contribution is -0.0477. The van der Waals surface area contributed by atoms with E-state index < -0.39 is 12.9 Å². The number of alkyl halides is 1. The number of anilines is 1. The number of halogens is 1. The number of fused-ring (bicyclic) bond motifs is 1. The molecule has 0 fully saturated rings. The predicted octanol–water partition coefficient (Wildman–Crippen LogP) is 0.973. The standard InChI is InChI=1S/C10H15IN5O4PS/c1-6(20-7(2-11)3-19-21(17,18)22)16-5-15-8-9(12)13-4-14-10(8)16/h4-7H,2-3H2,1H3,(H2,12,13,14)(H2,17,18,22)/t6-,7+/m1/s1. The molecule has 0 aliphatic carbocycles. The summed E-state index contributed by atoms with van der Waals surface area (Å²) in [7, 11) is 0. The minimum atomic E-state index is -3.69. The molecular formula is C10H15IN5O4PS. The molecule has 2 aromatic heterocycles. The minimum Gasteiger partial charge on any atom is -0.382 e. The van der Waals surface area contributed by atoms with E-state index in [1.807, 2.05) is 6.92 Å². The molecule has 2 aromatic rings. The van der Waals surface area contributed by atoms with E-state index in [0.29, 0.717) is 21.4 Å². The molecule has 2 heterocycles. The molecule has 0 unspecified atom stereocenters. The second kappa shape index (κ2) is 7.43. The Hall–Kier alpha value is -0.430. The summed E-state index contributed by atoms with van der Waals surface area (Å²) in [6.45, 7) is -1.89. The maximum absolute atomic E-state index is 9.11. The average molecular weight is 459 g/mol. The molecule has 0 spiro atoms. The smallest absolute Gasteiger partial charge is 0.321 e. The van der Waals surface area contributed by atoms with Crippen molar-refractivity contribution in [2.75, 3.05) is 16.8 Å². The Morgan fingerprint density at radius 1 is 1.45 bits per heavy atom. The number of rotatable bonds is 7. The number of ether oxygens (including phenoxy) is 1. The molecule has 0 saturated carbocycles. The Bertz CT molecular complexity index is 695. The molecule has 2 rings (SSSR count). The zero-order valence-corrected chi connectivity index (χ0v) is 15.4. The van der Waals surface area contributed by atoms with E-state index in [1.54, 1.807) is 10.9 Å². The van der Waals surface area contributed by atoms with Gasteiger partial charge in [0.2, 0.25) is 0 Å². The molecule has 122 valence electrons. The van der Waals surface area contributed by atoms with Gasteiger partial charge >= 0.3 is 6.72 Å². The van der Waals surface area contributed by atoms with E-state index in [2.05, 4.69) is 49.3 Å². The van der Waals surface area contributed by atoms with E-state index >= 15 is 0 Å². The van der Waals surface area contributed by atoms with Crippen molar-refractivity contribution in [2.24, 2.45) is 0 Å². The quantitative estimate of drug-likeness (QED) is 0.315. The normalized spacial score (nSPS) is 15.1. The van der Waals surface area contributed by atoms with E-state index in [4.69, 9.17) is 24.8 Å². The first-order chi connectivity index (χ1) is 10.3.